The molecule has 0 aliphatic heterocycles. The molecule has 0 saturated carbocycles. The number of nitrogens with one attached hydrogen (secondary N) is 2. The first-order chi connectivity index (χ1) is 23.4. The van der Waals surface area contributed by atoms with Gasteiger partial charge in [0.15, 0.2) is 0 Å². The molecular weight excluding hydrogens is 712 g/mol. The largest absolute Gasteiger partial charge is 0.300 e. The fourth-order valence-corrected chi connectivity index (χ4v) is 8.95. The molecule has 0 amide bonds. The second-order valence-electron chi connectivity index (χ2n) is 14.3. The minimum atomic E-state index is -3.85. The molecule has 0 aromatic carbocycles. The van der Waals surface area contributed by atoms with E-state index in [2.05, 4.69) is 29.4 Å². The minimum Gasteiger partial charge on any atom is -0.300 e. The summed E-state index contributed by atoms with van der Waals surface area (Å²) in [6.07, 6.45) is 8.16. The summed E-state index contributed by atoms with van der Waals surface area (Å²) in [5.74, 6) is 0.0171. The van der Waals surface area contributed by atoms with Gasteiger partial charge in [-0.05, 0) is 116 Å². The fourth-order valence-electron chi connectivity index (χ4n) is 5.13. The van der Waals surface area contributed by atoms with Crippen LogP contribution in [0.2, 0.25) is 5.15 Å². The Kier molecular flexibility index (Phi) is 13.1. The molecule has 4 rings (SSSR count). The van der Waals surface area contributed by atoms with Crippen LogP contribution in [-0.2, 0) is 42.5 Å². The Balaban J connectivity index is 0.000000276. The summed E-state index contributed by atoms with van der Waals surface area (Å²) in [6.45, 7) is 17.0. The van der Waals surface area contributed by atoms with Crippen molar-refractivity contribution in [3.05, 3.63) is 82.9 Å². The molecule has 2 N–H and O–H groups in total. The summed E-state index contributed by atoms with van der Waals surface area (Å²) >= 11 is 6.12. The van der Waals surface area contributed by atoms with Crippen LogP contribution in [0.1, 0.15) is 77.9 Å². The molecule has 274 valence electrons. The van der Waals surface area contributed by atoms with Crippen LogP contribution < -0.4 is 9.44 Å². The Labute approximate surface area is 306 Å². The van der Waals surface area contributed by atoms with Crippen molar-refractivity contribution in [1.82, 2.24) is 29.4 Å². The zero-order chi connectivity index (χ0) is 38.5. The van der Waals surface area contributed by atoms with Gasteiger partial charge in [0, 0.05) is 77.4 Å². The highest BCUT2D eigenvalue weighted by molar-refractivity contribution is 7.90. The zero-order valence-corrected chi connectivity index (χ0v) is 32.9. The highest BCUT2D eigenvalue weighted by Crippen LogP contribution is 2.32. The molecule has 12 nitrogen and oxygen atoms in total. The van der Waals surface area contributed by atoms with E-state index in [0.717, 1.165) is 11.1 Å². The topological polar surface area (TPSA) is 178 Å². The van der Waals surface area contributed by atoms with Crippen molar-refractivity contribution in [2.75, 3.05) is 0 Å². The second kappa shape index (κ2) is 16.2. The number of carbonyl (C=O) groups is 2. The second-order valence-corrected chi connectivity index (χ2v) is 17.9. The van der Waals surface area contributed by atoms with Gasteiger partial charge in [-0.25, -0.2) is 31.3 Å². The lowest BCUT2D eigenvalue weighted by molar-refractivity contribution is -0.117. The van der Waals surface area contributed by atoms with E-state index < -0.39 is 31.1 Å². The number of hydrogen-bond donors (Lipinski definition) is 2. The summed E-state index contributed by atoms with van der Waals surface area (Å²) in [6, 6.07) is 7.07. The molecule has 4 heterocycles. The molecule has 0 saturated heterocycles. The third-order valence-electron chi connectivity index (χ3n) is 6.96. The van der Waals surface area contributed by atoms with Gasteiger partial charge in [-0.2, -0.15) is 0 Å². The van der Waals surface area contributed by atoms with Crippen molar-refractivity contribution < 1.29 is 26.4 Å². The Hall–Kier alpha value is -3.95. The third kappa shape index (κ3) is 11.8. The number of hydrogen-bond acceptors (Lipinski definition) is 10. The average Bonchev–Trinajstić information content (AvgIpc) is 2.94. The lowest BCUT2D eigenvalue weighted by Crippen LogP contribution is -2.41. The fraction of sp³-hybridized carbons (Fsp3) is 0.389. The van der Waals surface area contributed by atoms with Crippen LogP contribution in [0.5, 0.6) is 0 Å². The van der Waals surface area contributed by atoms with Crippen LogP contribution in [0.4, 0.5) is 0 Å². The zero-order valence-electron chi connectivity index (χ0n) is 30.5. The van der Waals surface area contributed by atoms with E-state index in [1.807, 2.05) is 0 Å². The molecular formula is C36H45ClN6O6S2. The predicted molar refractivity (Wildman–Crippen MR) is 198 cm³/mol. The molecule has 0 bridgehead atoms. The third-order valence-corrected chi connectivity index (χ3v) is 11.2. The van der Waals surface area contributed by atoms with E-state index in [1.165, 1.54) is 26.2 Å². The Morgan fingerprint density at radius 2 is 1.14 bits per heavy atom. The Bertz CT molecular complexity index is 2160. The number of sulfonamides is 2. The minimum absolute atomic E-state index is 0.00162. The molecule has 0 unspecified atom stereocenters. The van der Waals surface area contributed by atoms with Crippen molar-refractivity contribution in [3.8, 4) is 22.3 Å². The molecule has 0 aliphatic rings. The van der Waals surface area contributed by atoms with Crippen LogP contribution in [0.3, 0.4) is 0 Å². The van der Waals surface area contributed by atoms with Gasteiger partial charge in [-0.3, -0.25) is 24.5 Å². The summed E-state index contributed by atoms with van der Waals surface area (Å²) in [5, 5.41) is -0.0824. The summed E-state index contributed by atoms with van der Waals surface area (Å²) in [7, 11) is -7.54. The number of nitrogens with zero attached hydrogens (tertiary/aromatic N) is 4. The quantitative estimate of drug-likeness (QED) is 0.183. The van der Waals surface area contributed by atoms with E-state index in [-0.39, 0.29) is 39.4 Å². The van der Waals surface area contributed by atoms with Gasteiger partial charge < -0.3 is 0 Å². The van der Waals surface area contributed by atoms with Crippen molar-refractivity contribution in [1.29, 1.82) is 0 Å². The summed E-state index contributed by atoms with van der Waals surface area (Å²) in [5.41, 5.74) is 3.93. The van der Waals surface area contributed by atoms with Crippen LogP contribution in [-0.4, -0.2) is 59.4 Å². The molecule has 0 spiro atoms. The van der Waals surface area contributed by atoms with E-state index in [1.54, 1.807) is 98.2 Å². The first-order valence-corrected chi connectivity index (χ1v) is 19.3. The number of aromatic nitrogens is 4. The number of halogens is 1. The summed E-state index contributed by atoms with van der Waals surface area (Å²) in [4.78, 5) is 39.3. The highest BCUT2D eigenvalue weighted by Gasteiger charge is 2.28. The van der Waals surface area contributed by atoms with Crippen molar-refractivity contribution in [3.63, 3.8) is 0 Å². The van der Waals surface area contributed by atoms with E-state index in [4.69, 9.17) is 11.6 Å². The van der Waals surface area contributed by atoms with E-state index >= 15 is 0 Å². The lowest BCUT2D eigenvalue weighted by atomic mass is 10.0. The maximum Gasteiger partial charge on any atom is 0.244 e. The molecule has 51 heavy (non-hydrogen) atoms. The first-order valence-electron chi connectivity index (χ1n) is 16.0. The van der Waals surface area contributed by atoms with Gasteiger partial charge in [0.2, 0.25) is 20.0 Å². The molecule has 0 radical (unpaired) electrons. The highest BCUT2D eigenvalue weighted by atomic mass is 35.5. The molecule has 4 aromatic rings. The van der Waals surface area contributed by atoms with Crippen molar-refractivity contribution in [2.45, 2.75) is 103 Å². The molecule has 0 aliphatic carbocycles. The van der Waals surface area contributed by atoms with Gasteiger partial charge >= 0.3 is 0 Å². The monoisotopic (exact) mass is 756 g/mol. The number of carbonyl (C=O) groups excluding carboxylic acids is 2. The van der Waals surface area contributed by atoms with E-state index in [9.17, 15) is 26.4 Å². The van der Waals surface area contributed by atoms with Gasteiger partial charge in [-0.15, -0.1) is 0 Å². The lowest BCUT2D eigenvalue weighted by Gasteiger charge is -2.22. The Morgan fingerprint density at radius 3 is 1.59 bits per heavy atom. The maximum atomic E-state index is 12.8. The maximum absolute atomic E-state index is 12.8. The van der Waals surface area contributed by atoms with Gasteiger partial charge in [0.25, 0.3) is 0 Å². The number of rotatable bonds is 10. The normalized spacial score (nSPS) is 12.2. The standard InChI is InChI=1S/C18H22ClN3O3S.C18H23N3O3S/c1-11(23)8-14-9-13(6-7-20-14)15-10-21-17(19)16(12(15)2)26(24,25)22-18(3,4)5;1-12(22)8-15-9-14(6-7-20-15)16-10-19-11-17(13(16)2)25(23,24)21-18(3,4)5/h6-7,9-10,22H,8H2,1-5H3;6-7,9-11,21H,8H2,1-5H3. The number of Topliss-reactive ketones (excluding diaryl/α,β-unsaturated/α-hetero) is 2. The van der Waals surface area contributed by atoms with Crippen LogP contribution in [0.15, 0.2) is 65.0 Å². The predicted octanol–water partition coefficient (Wildman–Crippen LogP) is 5.97. The molecule has 15 heteroatoms. The Morgan fingerprint density at radius 1 is 0.686 bits per heavy atom. The van der Waals surface area contributed by atoms with Gasteiger partial charge in [0.05, 0.1) is 0 Å². The summed E-state index contributed by atoms with van der Waals surface area (Å²) < 4.78 is 56.1. The molecule has 0 fully saturated rings. The average molecular weight is 757 g/mol. The van der Waals surface area contributed by atoms with Gasteiger partial charge in [0.1, 0.15) is 26.5 Å². The van der Waals surface area contributed by atoms with Gasteiger partial charge in [-0.1, -0.05) is 11.6 Å². The van der Waals surface area contributed by atoms with Crippen LogP contribution >= 0.6 is 11.6 Å². The van der Waals surface area contributed by atoms with E-state index in [0.29, 0.717) is 33.6 Å². The van der Waals surface area contributed by atoms with Crippen molar-refractivity contribution >= 4 is 43.2 Å². The number of pyridine rings is 4. The van der Waals surface area contributed by atoms with Crippen LogP contribution in [0, 0.1) is 13.8 Å². The SMILES string of the molecule is CC(=O)Cc1cc(-c2cnc(Cl)c(S(=O)(=O)NC(C)(C)C)c2C)ccn1.CC(=O)Cc1cc(-c2cncc(S(=O)(=O)NC(C)(C)C)c2C)ccn1. The first kappa shape index (κ1) is 41.5. The van der Waals surface area contributed by atoms with Crippen LogP contribution in [0.25, 0.3) is 22.3 Å². The number of ketones is 2. The molecule has 0 atom stereocenters. The van der Waals surface area contributed by atoms with Crippen molar-refractivity contribution in [2.24, 2.45) is 0 Å². The smallest absolute Gasteiger partial charge is 0.244 e. The molecule has 4 aromatic heterocycles.